The molecule has 0 unspecified atom stereocenters. The van der Waals surface area contributed by atoms with Crippen LogP contribution in [0.5, 0.6) is 5.75 Å². The maximum Gasteiger partial charge on any atom is 0.243 e. The van der Waals surface area contributed by atoms with E-state index in [9.17, 15) is 0 Å². The second-order valence-corrected chi connectivity index (χ2v) is 6.45. The standard InChI is InChI=1S/C17H22N6O2/c1-11(2)25-15-14(12-9-18-19-10-12)3-6-23-16(15)21-17(22-23)20-13-4-7-24-8-5-13/h3,6,9-11,13H,4-5,7-8H2,1-2H3,(H,18,19)(H,20,22). The fourth-order valence-corrected chi connectivity index (χ4v) is 2.99. The molecular weight excluding hydrogens is 320 g/mol. The van der Waals surface area contributed by atoms with Crippen molar-refractivity contribution in [3.8, 4) is 16.9 Å². The van der Waals surface area contributed by atoms with Crippen molar-refractivity contribution in [2.45, 2.75) is 38.8 Å². The molecule has 1 saturated heterocycles. The minimum atomic E-state index is 0.0282. The zero-order chi connectivity index (χ0) is 17.2. The summed E-state index contributed by atoms with van der Waals surface area (Å²) < 4.78 is 13.2. The van der Waals surface area contributed by atoms with Crippen LogP contribution in [0.2, 0.25) is 0 Å². The van der Waals surface area contributed by atoms with Crippen LogP contribution in [-0.2, 0) is 4.74 Å². The molecular formula is C17H22N6O2. The van der Waals surface area contributed by atoms with Crippen LogP contribution in [0.1, 0.15) is 26.7 Å². The Bertz CT molecular complexity index is 836. The largest absolute Gasteiger partial charge is 0.486 e. The molecule has 0 radical (unpaired) electrons. The number of rotatable bonds is 5. The van der Waals surface area contributed by atoms with Gasteiger partial charge in [0.1, 0.15) is 0 Å². The minimum absolute atomic E-state index is 0.0282. The first-order valence-electron chi connectivity index (χ1n) is 8.60. The van der Waals surface area contributed by atoms with E-state index < -0.39 is 0 Å². The topological polar surface area (TPSA) is 89.4 Å². The lowest BCUT2D eigenvalue weighted by atomic mass is 10.1. The summed E-state index contributed by atoms with van der Waals surface area (Å²) in [6, 6.07) is 2.32. The third-order valence-corrected chi connectivity index (χ3v) is 4.18. The number of nitrogens with one attached hydrogen (secondary N) is 2. The molecule has 0 aliphatic carbocycles. The summed E-state index contributed by atoms with van der Waals surface area (Å²) in [5.74, 6) is 1.33. The summed E-state index contributed by atoms with van der Waals surface area (Å²) >= 11 is 0. The molecule has 8 nitrogen and oxygen atoms in total. The molecule has 3 aromatic rings. The molecule has 0 aromatic carbocycles. The number of anilines is 1. The Kier molecular flexibility index (Phi) is 4.27. The Hall–Kier alpha value is -2.61. The number of fused-ring (bicyclic) bond motifs is 1. The van der Waals surface area contributed by atoms with Crippen molar-refractivity contribution < 1.29 is 9.47 Å². The van der Waals surface area contributed by atoms with Crippen molar-refractivity contribution in [1.29, 1.82) is 0 Å². The van der Waals surface area contributed by atoms with Gasteiger partial charge >= 0.3 is 0 Å². The molecule has 3 aromatic heterocycles. The highest BCUT2D eigenvalue weighted by Gasteiger charge is 2.19. The minimum Gasteiger partial charge on any atom is -0.486 e. The van der Waals surface area contributed by atoms with Crippen LogP contribution >= 0.6 is 0 Å². The molecule has 8 heteroatoms. The average molecular weight is 342 g/mol. The SMILES string of the molecule is CC(C)Oc1c(-c2cn[nH]c2)ccn2nc(NC3CCOCC3)nc12. The smallest absolute Gasteiger partial charge is 0.243 e. The number of pyridine rings is 1. The van der Waals surface area contributed by atoms with Gasteiger partial charge in [-0.25, -0.2) is 4.52 Å². The molecule has 4 heterocycles. The zero-order valence-corrected chi connectivity index (χ0v) is 14.4. The lowest BCUT2D eigenvalue weighted by Gasteiger charge is -2.22. The van der Waals surface area contributed by atoms with E-state index >= 15 is 0 Å². The highest BCUT2D eigenvalue weighted by molar-refractivity contribution is 5.77. The van der Waals surface area contributed by atoms with Crippen molar-refractivity contribution in [2.24, 2.45) is 0 Å². The van der Waals surface area contributed by atoms with Gasteiger partial charge < -0.3 is 14.8 Å². The quantitative estimate of drug-likeness (QED) is 0.740. The summed E-state index contributed by atoms with van der Waals surface area (Å²) in [5, 5.41) is 14.8. The molecule has 4 rings (SSSR count). The van der Waals surface area contributed by atoms with Crippen LogP contribution in [-0.4, -0.2) is 50.2 Å². The van der Waals surface area contributed by atoms with E-state index in [-0.39, 0.29) is 6.10 Å². The summed E-state index contributed by atoms with van der Waals surface area (Å²) in [4.78, 5) is 4.67. The van der Waals surface area contributed by atoms with Gasteiger partial charge in [-0.1, -0.05) is 0 Å². The van der Waals surface area contributed by atoms with Gasteiger partial charge in [-0.3, -0.25) is 5.10 Å². The number of hydrogen-bond donors (Lipinski definition) is 2. The third kappa shape index (κ3) is 3.30. The third-order valence-electron chi connectivity index (χ3n) is 4.18. The maximum atomic E-state index is 6.07. The molecule has 2 N–H and O–H groups in total. The first-order valence-corrected chi connectivity index (χ1v) is 8.60. The van der Waals surface area contributed by atoms with E-state index in [0.29, 0.717) is 23.4 Å². The molecule has 25 heavy (non-hydrogen) atoms. The second-order valence-electron chi connectivity index (χ2n) is 6.45. The van der Waals surface area contributed by atoms with Crippen LogP contribution < -0.4 is 10.1 Å². The van der Waals surface area contributed by atoms with Crippen LogP contribution in [0, 0.1) is 0 Å². The molecule has 0 amide bonds. The number of hydrogen-bond acceptors (Lipinski definition) is 6. The summed E-state index contributed by atoms with van der Waals surface area (Å²) in [6.07, 6.45) is 7.47. The predicted molar refractivity (Wildman–Crippen MR) is 93.8 cm³/mol. The van der Waals surface area contributed by atoms with Gasteiger partial charge in [0.05, 0.1) is 12.3 Å². The Balaban J connectivity index is 1.72. The van der Waals surface area contributed by atoms with Gasteiger partial charge in [0.15, 0.2) is 11.4 Å². The van der Waals surface area contributed by atoms with Gasteiger partial charge in [-0.05, 0) is 32.8 Å². The molecule has 0 bridgehead atoms. The Morgan fingerprint density at radius 2 is 2.20 bits per heavy atom. The van der Waals surface area contributed by atoms with E-state index in [1.807, 2.05) is 32.3 Å². The second kappa shape index (κ2) is 6.72. The van der Waals surface area contributed by atoms with Crippen LogP contribution in [0.4, 0.5) is 5.95 Å². The highest BCUT2D eigenvalue weighted by Crippen LogP contribution is 2.33. The summed E-state index contributed by atoms with van der Waals surface area (Å²) in [7, 11) is 0. The Morgan fingerprint density at radius 1 is 1.36 bits per heavy atom. The zero-order valence-electron chi connectivity index (χ0n) is 14.4. The number of H-pyrrole nitrogens is 1. The molecule has 132 valence electrons. The number of ether oxygens (including phenoxy) is 2. The normalized spacial score (nSPS) is 15.8. The Labute approximate surface area is 145 Å². The number of aromatic nitrogens is 5. The van der Waals surface area contributed by atoms with E-state index in [2.05, 4.69) is 25.6 Å². The first-order chi connectivity index (χ1) is 12.2. The lowest BCUT2D eigenvalue weighted by molar-refractivity contribution is 0.0903. The van der Waals surface area contributed by atoms with Gasteiger partial charge in [0.2, 0.25) is 5.95 Å². The van der Waals surface area contributed by atoms with Crippen molar-refractivity contribution in [2.75, 3.05) is 18.5 Å². The van der Waals surface area contributed by atoms with Crippen molar-refractivity contribution in [1.82, 2.24) is 24.8 Å². The number of aromatic amines is 1. The molecule has 0 saturated carbocycles. The highest BCUT2D eigenvalue weighted by atomic mass is 16.5. The Morgan fingerprint density at radius 3 is 2.92 bits per heavy atom. The first kappa shape index (κ1) is 15.9. The fourth-order valence-electron chi connectivity index (χ4n) is 2.99. The molecule has 0 atom stereocenters. The molecule has 1 aliphatic heterocycles. The molecule has 1 aliphatic rings. The van der Waals surface area contributed by atoms with Crippen molar-refractivity contribution in [3.63, 3.8) is 0 Å². The van der Waals surface area contributed by atoms with Crippen LogP contribution in [0.15, 0.2) is 24.7 Å². The summed E-state index contributed by atoms with van der Waals surface area (Å²) in [6.45, 7) is 5.55. The van der Waals surface area contributed by atoms with Crippen molar-refractivity contribution in [3.05, 3.63) is 24.7 Å². The van der Waals surface area contributed by atoms with E-state index in [0.717, 1.165) is 37.2 Å². The van der Waals surface area contributed by atoms with Gasteiger partial charge in [-0.2, -0.15) is 10.1 Å². The maximum absolute atomic E-state index is 6.07. The predicted octanol–water partition coefficient (Wildman–Crippen LogP) is 2.50. The number of nitrogens with zero attached hydrogens (tertiary/aromatic N) is 4. The average Bonchev–Trinajstić information content (AvgIpc) is 3.25. The monoisotopic (exact) mass is 342 g/mol. The summed E-state index contributed by atoms with van der Waals surface area (Å²) in [5.41, 5.74) is 2.60. The van der Waals surface area contributed by atoms with Gasteiger partial charge in [-0.15, -0.1) is 5.10 Å². The van der Waals surface area contributed by atoms with Gasteiger partial charge in [0.25, 0.3) is 0 Å². The fraction of sp³-hybridized carbons (Fsp3) is 0.471. The van der Waals surface area contributed by atoms with Crippen LogP contribution in [0.3, 0.4) is 0 Å². The molecule has 0 spiro atoms. The van der Waals surface area contributed by atoms with E-state index in [4.69, 9.17) is 9.47 Å². The van der Waals surface area contributed by atoms with E-state index in [1.54, 1.807) is 10.7 Å². The molecule has 1 fully saturated rings. The van der Waals surface area contributed by atoms with Crippen LogP contribution in [0.25, 0.3) is 16.8 Å². The van der Waals surface area contributed by atoms with Gasteiger partial charge in [0, 0.05) is 42.8 Å². The van der Waals surface area contributed by atoms with Crippen molar-refractivity contribution >= 4 is 11.6 Å². The van der Waals surface area contributed by atoms with E-state index in [1.165, 1.54) is 0 Å². The lowest BCUT2D eigenvalue weighted by Crippen LogP contribution is -2.28.